The minimum atomic E-state index is 0.604. The molecule has 0 atom stereocenters. The normalized spacial score (nSPS) is 14.7. The fourth-order valence-electron chi connectivity index (χ4n) is 2.84. The summed E-state index contributed by atoms with van der Waals surface area (Å²) in [4.78, 5) is 18.4. The van der Waals surface area contributed by atoms with Crippen molar-refractivity contribution in [3.63, 3.8) is 0 Å². The number of benzene rings is 2. The number of aliphatic imine (C=N–C) groups is 3. The Bertz CT molecular complexity index is 1020. The molecule has 0 saturated heterocycles. The fraction of sp³-hybridized carbons (Fsp3) is 0.130. The van der Waals surface area contributed by atoms with Gasteiger partial charge >= 0.3 is 0 Å². The maximum Gasteiger partial charge on any atom is 0.193 e. The average Bonchev–Trinajstić information content (AvgIpc) is 3.14. The molecule has 0 fully saturated rings. The molecular formula is C23H21N5. The zero-order chi connectivity index (χ0) is 19.2. The Morgan fingerprint density at radius 1 is 0.857 bits per heavy atom. The maximum atomic E-state index is 4.69. The molecule has 28 heavy (non-hydrogen) atoms. The standard InChI is InChI=1S/C23H21N5/c1-17-10-12-20(13-11-17)26-23-22(25-16-14-19-9-5-6-15-24-19)27-21(28-23)18-7-3-2-4-8-18/h2-13,15H,14,16H2,1H3,(H,25,26,27,28). The van der Waals surface area contributed by atoms with Crippen LogP contribution in [-0.4, -0.2) is 29.0 Å². The van der Waals surface area contributed by atoms with Crippen molar-refractivity contribution in [1.82, 2.24) is 4.98 Å². The number of rotatable bonds is 5. The van der Waals surface area contributed by atoms with Gasteiger partial charge in [-0.2, -0.15) is 0 Å². The van der Waals surface area contributed by atoms with Crippen LogP contribution in [-0.2, 0) is 6.42 Å². The summed E-state index contributed by atoms with van der Waals surface area (Å²) in [6.45, 7) is 2.67. The van der Waals surface area contributed by atoms with Crippen molar-refractivity contribution in [2.24, 2.45) is 15.0 Å². The van der Waals surface area contributed by atoms with E-state index in [4.69, 9.17) is 4.99 Å². The molecular weight excluding hydrogens is 346 g/mol. The van der Waals surface area contributed by atoms with Gasteiger partial charge in [0.05, 0.1) is 0 Å². The molecule has 1 aromatic heterocycles. The lowest BCUT2D eigenvalue weighted by Gasteiger charge is -2.06. The van der Waals surface area contributed by atoms with Crippen LogP contribution in [0.1, 0.15) is 16.8 Å². The van der Waals surface area contributed by atoms with E-state index in [1.807, 2.05) is 60.7 Å². The van der Waals surface area contributed by atoms with Gasteiger partial charge in [-0.05, 0) is 31.2 Å². The van der Waals surface area contributed by atoms with E-state index < -0.39 is 0 Å². The fourth-order valence-corrected chi connectivity index (χ4v) is 2.84. The number of nitrogens with zero attached hydrogens (tertiary/aromatic N) is 4. The van der Waals surface area contributed by atoms with Crippen LogP contribution in [0.15, 0.2) is 94.0 Å². The number of aromatic nitrogens is 1. The number of hydrogen-bond acceptors (Lipinski definition) is 4. The highest BCUT2D eigenvalue weighted by atomic mass is 15.2. The van der Waals surface area contributed by atoms with Crippen LogP contribution in [0.2, 0.25) is 0 Å². The van der Waals surface area contributed by atoms with Gasteiger partial charge in [-0.15, -0.1) is 0 Å². The number of pyridine rings is 1. The molecule has 1 aliphatic heterocycles. The largest absolute Gasteiger partial charge is 0.337 e. The van der Waals surface area contributed by atoms with Gasteiger partial charge in [-0.3, -0.25) is 9.98 Å². The van der Waals surface area contributed by atoms with Crippen molar-refractivity contribution in [3.8, 4) is 0 Å². The molecule has 0 saturated carbocycles. The minimum absolute atomic E-state index is 0.604. The molecule has 5 nitrogen and oxygen atoms in total. The summed E-state index contributed by atoms with van der Waals surface area (Å²) in [6.07, 6.45) is 2.56. The summed E-state index contributed by atoms with van der Waals surface area (Å²) in [7, 11) is 0. The first-order valence-corrected chi connectivity index (χ1v) is 9.29. The summed E-state index contributed by atoms with van der Waals surface area (Å²) in [6, 6.07) is 24.1. The second kappa shape index (κ2) is 8.39. The monoisotopic (exact) mass is 367 g/mol. The molecule has 3 aromatic rings. The summed E-state index contributed by atoms with van der Waals surface area (Å²) in [5.41, 5.74) is 4.17. The Morgan fingerprint density at radius 2 is 1.64 bits per heavy atom. The first-order chi connectivity index (χ1) is 13.8. The zero-order valence-electron chi connectivity index (χ0n) is 15.7. The van der Waals surface area contributed by atoms with Crippen LogP contribution in [0, 0.1) is 6.92 Å². The number of hydrogen-bond donors (Lipinski definition) is 1. The lowest BCUT2D eigenvalue weighted by atomic mass is 10.2. The summed E-state index contributed by atoms with van der Waals surface area (Å²) in [5.74, 6) is 1.96. The van der Waals surface area contributed by atoms with E-state index in [0.717, 1.165) is 23.4 Å². The third kappa shape index (κ3) is 4.38. The van der Waals surface area contributed by atoms with Gasteiger partial charge in [-0.1, -0.05) is 54.1 Å². The van der Waals surface area contributed by atoms with E-state index in [0.29, 0.717) is 24.1 Å². The zero-order valence-corrected chi connectivity index (χ0v) is 15.7. The second-order valence-corrected chi connectivity index (χ2v) is 6.53. The molecule has 138 valence electrons. The van der Waals surface area contributed by atoms with E-state index >= 15 is 0 Å². The van der Waals surface area contributed by atoms with Crippen molar-refractivity contribution >= 4 is 23.2 Å². The van der Waals surface area contributed by atoms with Crippen LogP contribution in [0.3, 0.4) is 0 Å². The molecule has 1 aliphatic rings. The molecule has 0 spiro atoms. The number of aryl methyl sites for hydroxylation is 1. The number of amidine groups is 3. The Balaban J connectivity index is 1.56. The molecule has 2 aromatic carbocycles. The molecule has 0 aliphatic carbocycles. The summed E-state index contributed by atoms with van der Waals surface area (Å²) < 4.78 is 0. The van der Waals surface area contributed by atoms with Crippen LogP contribution >= 0.6 is 0 Å². The lowest BCUT2D eigenvalue weighted by Crippen LogP contribution is -2.19. The number of anilines is 1. The highest BCUT2D eigenvalue weighted by Gasteiger charge is 2.19. The van der Waals surface area contributed by atoms with Gasteiger partial charge in [0, 0.05) is 36.1 Å². The second-order valence-electron chi connectivity index (χ2n) is 6.53. The smallest absolute Gasteiger partial charge is 0.193 e. The molecule has 2 heterocycles. The van der Waals surface area contributed by atoms with E-state index in [2.05, 4.69) is 39.3 Å². The van der Waals surface area contributed by atoms with Gasteiger partial charge in [0.2, 0.25) is 0 Å². The van der Waals surface area contributed by atoms with E-state index in [1.165, 1.54) is 5.56 Å². The van der Waals surface area contributed by atoms with Crippen molar-refractivity contribution < 1.29 is 0 Å². The SMILES string of the molecule is Cc1ccc(NC2=NC(c3ccccc3)=NC2=NCCc2ccccn2)cc1. The van der Waals surface area contributed by atoms with Crippen LogP contribution in [0.5, 0.6) is 0 Å². The Morgan fingerprint density at radius 3 is 2.39 bits per heavy atom. The molecule has 0 bridgehead atoms. The number of nitrogens with one attached hydrogen (secondary N) is 1. The van der Waals surface area contributed by atoms with Gasteiger partial charge in [0.15, 0.2) is 17.5 Å². The molecule has 0 amide bonds. The predicted octanol–water partition coefficient (Wildman–Crippen LogP) is 4.30. The first kappa shape index (κ1) is 17.8. The lowest BCUT2D eigenvalue weighted by molar-refractivity contribution is 0.924. The van der Waals surface area contributed by atoms with Gasteiger partial charge in [-0.25, -0.2) is 9.98 Å². The van der Waals surface area contributed by atoms with Crippen molar-refractivity contribution in [3.05, 3.63) is 95.8 Å². The Hall–Kier alpha value is -3.60. The van der Waals surface area contributed by atoms with Crippen molar-refractivity contribution in [1.29, 1.82) is 0 Å². The van der Waals surface area contributed by atoms with E-state index in [-0.39, 0.29) is 0 Å². The van der Waals surface area contributed by atoms with E-state index in [1.54, 1.807) is 6.20 Å². The molecule has 0 radical (unpaired) electrons. The molecule has 5 heteroatoms. The predicted molar refractivity (Wildman–Crippen MR) is 115 cm³/mol. The van der Waals surface area contributed by atoms with Gasteiger partial charge < -0.3 is 5.32 Å². The van der Waals surface area contributed by atoms with Crippen LogP contribution in [0.4, 0.5) is 5.69 Å². The average molecular weight is 367 g/mol. The highest BCUT2D eigenvalue weighted by Crippen LogP contribution is 2.14. The van der Waals surface area contributed by atoms with Crippen LogP contribution < -0.4 is 5.32 Å². The molecule has 0 unspecified atom stereocenters. The maximum absolute atomic E-state index is 4.69. The van der Waals surface area contributed by atoms with Crippen LogP contribution in [0.25, 0.3) is 0 Å². The van der Waals surface area contributed by atoms with Gasteiger partial charge in [0.25, 0.3) is 0 Å². The highest BCUT2D eigenvalue weighted by molar-refractivity contribution is 6.51. The summed E-state index contributed by atoms with van der Waals surface area (Å²) >= 11 is 0. The third-order valence-electron chi connectivity index (χ3n) is 4.34. The third-order valence-corrected chi connectivity index (χ3v) is 4.34. The first-order valence-electron chi connectivity index (χ1n) is 9.29. The van der Waals surface area contributed by atoms with Crippen molar-refractivity contribution in [2.45, 2.75) is 13.3 Å². The quantitative estimate of drug-likeness (QED) is 0.731. The Labute approximate surface area is 164 Å². The topological polar surface area (TPSA) is 62.0 Å². The minimum Gasteiger partial charge on any atom is -0.337 e. The van der Waals surface area contributed by atoms with Gasteiger partial charge in [0.1, 0.15) is 0 Å². The Kier molecular flexibility index (Phi) is 5.33. The molecule has 1 N–H and O–H groups in total. The molecule has 4 rings (SSSR count). The van der Waals surface area contributed by atoms with E-state index in [9.17, 15) is 0 Å². The van der Waals surface area contributed by atoms with Crippen molar-refractivity contribution in [2.75, 3.05) is 11.9 Å². The summed E-state index contributed by atoms with van der Waals surface area (Å²) in [5, 5.41) is 3.36.